The van der Waals surface area contributed by atoms with Crippen LogP contribution in [0.4, 0.5) is 17.1 Å². The predicted octanol–water partition coefficient (Wildman–Crippen LogP) is 16.3. The molecule has 286 valence electrons. The first-order valence-electron chi connectivity index (χ1n) is 20.8. The van der Waals surface area contributed by atoms with Crippen molar-refractivity contribution < 1.29 is 4.42 Å². The fourth-order valence-corrected chi connectivity index (χ4v) is 9.39. The molecule has 0 unspecified atom stereocenters. The van der Waals surface area contributed by atoms with Crippen molar-refractivity contribution in [3.05, 3.63) is 231 Å². The van der Waals surface area contributed by atoms with Crippen LogP contribution in [0.5, 0.6) is 0 Å². The Morgan fingerprint density at radius 2 is 1.00 bits per heavy atom. The highest BCUT2D eigenvalue weighted by Gasteiger charge is 2.22. The van der Waals surface area contributed by atoms with E-state index in [0.29, 0.717) is 0 Å². The van der Waals surface area contributed by atoms with E-state index in [4.69, 9.17) is 4.42 Å². The van der Waals surface area contributed by atoms with Gasteiger partial charge in [0.1, 0.15) is 11.2 Å². The SMILES string of the molecule is c1ccc(-c2ccc(N(c3cccc(-c4ccccc4)c3)c3cccc4ccc5oc6cc(-c7cccc8c9ccccc9n(-c9ccccc9)c78)ccc6c5c34)cc2)cc1. The average Bonchev–Trinajstić information content (AvgIpc) is 3.89. The minimum absolute atomic E-state index is 0.860. The lowest BCUT2D eigenvalue weighted by Gasteiger charge is -2.28. The third kappa shape index (κ3) is 5.82. The van der Waals surface area contributed by atoms with Crippen LogP contribution in [0.2, 0.25) is 0 Å². The molecule has 0 saturated heterocycles. The quantitative estimate of drug-likeness (QED) is 0.161. The Bertz CT molecular complexity index is 3570. The molecule has 0 aliphatic heterocycles. The molecule has 0 saturated carbocycles. The van der Waals surface area contributed by atoms with Crippen LogP contribution in [0.25, 0.3) is 93.6 Å². The fraction of sp³-hybridized carbons (Fsp3) is 0. The number of fused-ring (bicyclic) bond motifs is 8. The minimum Gasteiger partial charge on any atom is -0.456 e. The van der Waals surface area contributed by atoms with E-state index in [-0.39, 0.29) is 0 Å². The summed E-state index contributed by atoms with van der Waals surface area (Å²) in [4.78, 5) is 2.40. The summed E-state index contributed by atoms with van der Waals surface area (Å²) in [6, 6.07) is 82.7. The van der Waals surface area contributed by atoms with Crippen LogP contribution < -0.4 is 4.90 Å². The molecule has 61 heavy (non-hydrogen) atoms. The van der Waals surface area contributed by atoms with Gasteiger partial charge in [-0.3, -0.25) is 0 Å². The lowest BCUT2D eigenvalue weighted by Crippen LogP contribution is -2.10. The molecule has 10 aromatic carbocycles. The van der Waals surface area contributed by atoms with Crippen molar-refractivity contribution in [1.29, 1.82) is 0 Å². The molecule has 0 spiro atoms. The third-order valence-corrected chi connectivity index (χ3v) is 12.2. The van der Waals surface area contributed by atoms with Gasteiger partial charge in [-0.2, -0.15) is 0 Å². The average molecular weight is 779 g/mol. The van der Waals surface area contributed by atoms with Gasteiger partial charge < -0.3 is 13.9 Å². The van der Waals surface area contributed by atoms with Crippen LogP contribution in [0.15, 0.2) is 235 Å². The van der Waals surface area contributed by atoms with Crippen molar-refractivity contribution in [3.8, 4) is 39.1 Å². The van der Waals surface area contributed by atoms with Crippen molar-refractivity contribution in [2.45, 2.75) is 0 Å². The number of hydrogen-bond acceptors (Lipinski definition) is 2. The normalized spacial score (nSPS) is 11.6. The maximum absolute atomic E-state index is 6.87. The zero-order valence-electron chi connectivity index (χ0n) is 33.2. The summed E-state index contributed by atoms with van der Waals surface area (Å²) >= 11 is 0. The van der Waals surface area contributed by atoms with Gasteiger partial charge in [0.2, 0.25) is 0 Å². The fourth-order valence-electron chi connectivity index (χ4n) is 9.39. The van der Waals surface area contributed by atoms with E-state index in [1.54, 1.807) is 0 Å². The minimum atomic E-state index is 0.860. The molecular weight excluding hydrogens is 741 g/mol. The van der Waals surface area contributed by atoms with E-state index in [1.165, 1.54) is 38.5 Å². The van der Waals surface area contributed by atoms with E-state index >= 15 is 0 Å². The summed E-state index contributed by atoms with van der Waals surface area (Å²) in [6.07, 6.45) is 0. The van der Waals surface area contributed by atoms with Crippen LogP contribution in [0.1, 0.15) is 0 Å². The zero-order chi connectivity index (χ0) is 40.3. The first-order chi connectivity index (χ1) is 30.3. The molecule has 0 radical (unpaired) electrons. The van der Waals surface area contributed by atoms with Crippen LogP contribution in [0, 0.1) is 0 Å². The Morgan fingerprint density at radius 3 is 1.80 bits per heavy atom. The van der Waals surface area contributed by atoms with Gasteiger partial charge in [-0.15, -0.1) is 0 Å². The molecule has 0 aliphatic carbocycles. The molecule has 3 heteroatoms. The number of aromatic nitrogens is 1. The van der Waals surface area contributed by atoms with Crippen molar-refractivity contribution in [1.82, 2.24) is 4.57 Å². The molecule has 0 fully saturated rings. The van der Waals surface area contributed by atoms with Crippen LogP contribution >= 0.6 is 0 Å². The second-order valence-corrected chi connectivity index (χ2v) is 15.7. The lowest BCUT2D eigenvalue weighted by atomic mass is 9.97. The molecule has 0 aliphatic rings. The molecule has 0 amide bonds. The summed E-state index contributed by atoms with van der Waals surface area (Å²) in [5.74, 6) is 0. The van der Waals surface area contributed by atoms with Crippen molar-refractivity contribution in [2.24, 2.45) is 0 Å². The Hall–Kier alpha value is -8.14. The maximum atomic E-state index is 6.87. The highest BCUT2D eigenvalue weighted by atomic mass is 16.3. The molecule has 3 nitrogen and oxygen atoms in total. The molecule has 0 N–H and O–H groups in total. The summed E-state index contributed by atoms with van der Waals surface area (Å²) < 4.78 is 9.27. The number of rotatable bonds is 7. The van der Waals surface area contributed by atoms with Crippen LogP contribution in [-0.2, 0) is 0 Å². The van der Waals surface area contributed by atoms with Gasteiger partial charge in [0.25, 0.3) is 0 Å². The largest absolute Gasteiger partial charge is 0.456 e. The van der Waals surface area contributed by atoms with E-state index in [1.807, 2.05) is 0 Å². The second kappa shape index (κ2) is 14.3. The van der Waals surface area contributed by atoms with Crippen molar-refractivity contribution in [2.75, 3.05) is 4.90 Å². The van der Waals surface area contributed by atoms with E-state index in [9.17, 15) is 0 Å². The molecule has 12 aromatic rings. The third-order valence-electron chi connectivity index (χ3n) is 12.2. The Morgan fingerprint density at radius 1 is 0.361 bits per heavy atom. The molecular formula is C58H38N2O. The number of nitrogens with zero attached hydrogens (tertiary/aromatic N) is 2. The number of furan rings is 1. The van der Waals surface area contributed by atoms with Crippen LogP contribution in [-0.4, -0.2) is 4.57 Å². The van der Waals surface area contributed by atoms with Gasteiger partial charge in [-0.25, -0.2) is 0 Å². The Balaban J connectivity index is 1.07. The van der Waals surface area contributed by atoms with Gasteiger partial charge in [0.15, 0.2) is 0 Å². The Kier molecular flexibility index (Phi) is 8.17. The molecule has 0 atom stereocenters. The van der Waals surface area contributed by atoms with Gasteiger partial charge in [-0.05, 0) is 99.9 Å². The molecule has 2 heterocycles. The van der Waals surface area contributed by atoms with Gasteiger partial charge in [0.05, 0.1) is 16.7 Å². The highest BCUT2D eigenvalue weighted by molar-refractivity contribution is 6.24. The van der Waals surface area contributed by atoms with Gasteiger partial charge in [0, 0.05) is 49.6 Å². The second-order valence-electron chi connectivity index (χ2n) is 15.7. The van der Waals surface area contributed by atoms with Crippen LogP contribution in [0.3, 0.4) is 0 Å². The molecule has 0 bridgehead atoms. The molecule has 12 rings (SSSR count). The van der Waals surface area contributed by atoms with E-state index < -0.39 is 0 Å². The lowest BCUT2D eigenvalue weighted by molar-refractivity contribution is 0.669. The van der Waals surface area contributed by atoms with E-state index in [0.717, 1.165) is 72.2 Å². The standard InChI is InChI=1S/C58H38N2O/c1-4-15-39(16-5-1)41-29-33-46(34-30-41)59(47-23-12-20-43(37-47)40-17-6-2-7-18-40)53-28-13-19-42-32-36-54-57(56(42)53)51-35-31-44(38-55(51)61-54)48-25-14-26-50-49-24-10-11-27-52(49)60(58(48)50)45-21-8-3-9-22-45/h1-38H. The number of anilines is 3. The predicted molar refractivity (Wildman–Crippen MR) is 257 cm³/mol. The Labute approximate surface area is 353 Å². The topological polar surface area (TPSA) is 21.3 Å². The summed E-state index contributed by atoms with van der Waals surface area (Å²) in [7, 11) is 0. The number of para-hydroxylation sites is 3. The van der Waals surface area contributed by atoms with Crippen molar-refractivity contribution >= 4 is 71.6 Å². The molecule has 2 aromatic heterocycles. The van der Waals surface area contributed by atoms with Crippen molar-refractivity contribution in [3.63, 3.8) is 0 Å². The number of benzene rings is 10. The summed E-state index contributed by atoms with van der Waals surface area (Å²) in [6.45, 7) is 0. The zero-order valence-corrected chi connectivity index (χ0v) is 33.2. The monoisotopic (exact) mass is 778 g/mol. The maximum Gasteiger partial charge on any atom is 0.136 e. The summed E-state index contributed by atoms with van der Waals surface area (Å²) in [5.41, 5.74) is 15.5. The first kappa shape index (κ1) is 34.9. The number of hydrogen-bond donors (Lipinski definition) is 0. The first-order valence-corrected chi connectivity index (χ1v) is 20.8. The summed E-state index contributed by atoms with van der Waals surface area (Å²) in [5, 5.41) is 6.96. The van der Waals surface area contributed by atoms with Gasteiger partial charge in [-0.1, -0.05) is 164 Å². The van der Waals surface area contributed by atoms with E-state index in [2.05, 4.69) is 240 Å². The smallest absolute Gasteiger partial charge is 0.136 e. The highest BCUT2D eigenvalue weighted by Crippen LogP contribution is 2.46. The van der Waals surface area contributed by atoms with Gasteiger partial charge >= 0.3 is 0 Å².